The Morgan fingerprint density at radius 2 is 2.16 bits per heavy atom. The van der Waals surface area contributed by atoms with E-state index in [2.05, 4.69) is 10.3 Å². The molecule has 0 saturated heterocycles. The van der Waals surface area contributed by atoms with Gasteiger partial charge in [-0.1, -0.05) is 19.9 Å². The van der Waals surface area contributed by atoms with Crippen molar-refractivity contribution in [3.63, 3.8) is 0 Å². The molecule has 2 rings (SSSR count). The number of carboxylic acid groups (broad SMARTS) is 1. The lowest BCUT2D eigenvalue weighted by Crippen LogP contribution is -2.38. The number of aromatic nitrogens is 1. The van der Waals surface area contributed by atoms with Crippen molar-refractivity contribution in [2.45, 2.75) is 25.7 Å². The van der Waals surface area contributed by atoms with Gasteiger partial charge in [-0.25, -0.2) is 0 Å². The molecular formula is C14H18N2O3. The Bertz CT molecular complexity index is 485. The summed E-state index contributed by atoms with van der Waals surface area (Å²) in [4.78, 5) is 26.8. The third-order valence-electron chi connectivity index (χ3n) is 3.51. The molecule has 1 aromatic heterocycles. The maximum absolute atomic E-state index is 11.8. The highest BCUT2D eigenvalue weighted by Gasteiger charge is 2.48. The molecule has 1 aromatic rings. The van der Waals surface area contributed by atoms with Crippen molar-refractivity contribution >= 4 is 11.9 Å². The molecule has 0 spiro atoms. The Hall–Kier alpha value is -1.91. The zero-order valence-electron chi connectivity index (χ0n) is 11.1. The van der Waals surface area contributed by atoms with Gasteiger partial charge in [0.1, 0.15) is 0 Å². The van der Waals surface area contributed by atoms with E-state index in [-0.39, 0.29) is 17.2 Å². The van der Waals surface area contributed by atoms with Gasteiger partial charge in [0.05, 0.1) is 11.8 Å². The molecule has 0 aromatic carbocycles. The van der Waals surface area contributed by atoms with E-state index in [0.717, 1.165) is 5.69 Å². The van der Waals surface area contributed by atoms with Crippen molar-refractivity contribution in [3.8, 4) is 0 Å². The summed E-state index contributed by atoms with van der Waals surface area (Å²) in [5.74, 6) is -1.92. The largest absolute Gasteiger partial charge is 0.481 e. The first-order chi connectivity index (χ1) is 8.92. The van der Waals surface area contributed by atoms with Gasteiger partial charge >= 0.3 is 5.97 Å². The van der Waals surface area contributed by atoms with Gasteiger partial charge in [-0.15, -0.1) is 0 Å². The number of nitrogens with zero attached hydrogens (tertiary/aromatic N) is 1. The maximum atomic E-state index is 11.8. The molecule has 1 fully saturated rings. The summed E-state index contributed by atoms with van der Waals surface area (Å²) in [7, 11) is 0. The molecule has 2 N–H and O–H groups in total. The highest BCUT2D eigenvalue weighted by Crippen LogP contribution is 2.38. The lowest BCUT2D eigenvalue weighted by molar-refractivity contribution is -0.140. The molecule has 5 nitrogen and oxygen atoms in total. The molecule has 1 aliphatic carbocycles. The number of carbonyl (C=O) groups excluding carboxylic acids is 1. The highest BCUT2D eigenvalue weighted by atomic mass is 16.4. The highest BCUT2D eigenvalue weighted by molar-refractivity contribution is 5.89. The smallest absolute Gasteiger partial charge is 0.307 e. The van der Waals surface area contributed by atoms with Gasteiger partial charge in [0.25, 0.3) is 0 Å². The number of nitrogens with one attached hydrogen (secondary N) is 1. The SMILES string of the molecule is CC(C)(CNC(=O)C1CC1C(=O)O)c1ccccn1. The van der Waals surface area contributed by atoms with Gasteiger partial charge < -0.3 is 10.4 Å². The first-order valence-electron chi connectivity index (χ1n) is 6.34. The zero-order chi connectivity index (χ0) is 14.0. The predicted molar refractivity (Wildman–Crippen MR) is 69.5 cm³/mol. The molecule has 2 atom stereocenters. The van der Waals surface area contributed by atoms with Crippen LogP contribution in [0.3, 0.4) is 0 Å². The molecule has 1 aliphatic rings. The number of carboxylic acids is 1. The number of pyridine rings is 1. The maximum Gasteiger partial charge on any atom is 0.307 e. The molecule has 2 unspecified atom stereocenters. The number of amides is 1. The molecule has 0 radical (unpaired) electrons. The number of hydrogen-bond donors (Lipinski definition) is 2. The average molecular weight is 262 g/mol. The van der Waals surface area contributed by atoms with E-state index < -0.39 is 11.9 Å². The molecule has 5 heteroatoms. The van der Waals surface area contributed by atoms with Gasteiger partial charge in [0.15, 0.2) is 0 Å². The van der Waals surface area contributed by atoms with E-state index in [4.69, 9.17) is 5.11 Å². The van der Waals surface area contributed by atoms with Gasteiger partial charge in [-0.05, 0) is 18.6 Å². The fraction of sp³-hybridized carbons (Fsp3) is 0.500. The van der Waals surface area contributed by atoms with Crippen molar-refractivity contribution in [3.05, 3.63) is 30.1 Å². The summed E-state index contributed by atoms with van der Waals surface area (Å²) in [6, 6.07) is 5.68. The van der Waals surface area contributed by atoms with Crippen molar-refractivity contribution in [2.75, 3.05) is 6.54 Å². The summed E-state index contributed by atoms with van der Waals surface area (Å²) < 4.78 is 0. The first kappa shape index (κ1) is 13.5. The Morgan fingerprint density at radius 1 is 1.42 bits per heavy atom. The van der Waals surface area contributed by atoms with Crippen LogP contribution in [0.1, 0.15) is 26.0 Å². The Labute approximate surface area is 112 Å². The van der Waals surface area contributed by atoms with Crippen LogP contribution in [0.2, 0.25) is 0 Å². The van der Waals surface area contributed by atoms with Crippen LogP contribution < -0.4 is 5.32 Å². The van der Waals surface area contributed by atoms with Crippen LogP contribution >= 0.6 is 0 Å². The van der Waals surface area contributed by atoms with E-state index in [0.29, 0.717) is 13.0 Å². The van der Waals surface area contributed by atoms with Crippen molar-refractivity contribution in [1.82, 2.24) is 10.3 Å². The fourth-order valence-electron chi connectivity index (χ4n) is 2.05. The van der Waals surface area contributed by atoms with E-state index in [1.807, 2.05) is 32.0 Å². The van der Waals surface area contributed by atoms with E-state index >= 15 is 0 Å². The van der Waals surface area contributed by atoms with Gasteiger partial charge in [-0.3, -0.25) is 14.6 Å². The normalized spacial score (nSPS) is 21.8. The lowest BCUT2D eigenvalue weighted by Gasteiger charge is -2.24. The minimum absolute atomic E-state index is 0.170. The number of rotatable bonds is 5. The Balaban J connectivity index is 1.89. The van der Waals surface area contributed by atoms with Crippen LogP contribution in [0.4, 0.5) is 0 Å². The second kappa shape index (κ2) is 4.99. The van der Waals surface area contributed by atoms with Crippen molar-refractivity contribution in [1.29, 1.82) is 0 Å². The molecule has 0 aliphatic heterocycles. The second-order valence-electron chi connectivity index (χ2n) is 5.60. The molecule has 0 bridgehead atoms. The zero-order valence-corrected chi connectivity index (χ0v) is 11.1. The van der Waals surface area contributed by atoms with Gasteiger partial charge in [0, 0.05) is 23.9 Å². The molecule has 1 amide bonds. The lowest BCUT2D eigenvalue weighted by atomic mass is 9.88. The molecule has 102 valence electrons. The summed E-state index contributed by atoms with van der Waals surface area (Å²) in [5, 5.41) is 11.6. The molecule has 1 heterocycles. The van der Waals surface area contributed by atoms with Gasteiger partial charge in [0.2, 0.25) is 5.91 Å². The van der Waals surface area contributed by atoms with Crippen LogP contribution in [-0.4, -0.2) is 28.5 Å². The molecular weight excluding hydrogens is 244 g/mol. The van der Waals surface area contributed by atoms with Crippen LogP contribution in [0.15, 0.2) is 24.4 Å². The minimum Gasteiger partial charge on any atom is -0.481 e. The standard InChI is InChI=1S/C14H18N2O3/c1-14(2,11-5-3-4-6-15-11)8-16-12(17)9-7-10(9)13(18)19/h3-6,9-10H,7-8H2,1-2H3,(H,16,17)(H,18,19). The number of hydrogen-bond acceptors (Lipinski definition) is 3. The molecule has 19 heavy (non-hydrogen) atoms. The van der Waals surface area contributed by atoms with E-state index in [1.165, 1.54) is 0 Å². The van der Waals surface area contributed by atoms with Crippen molar-refractivity contribution in [2.24, 2.45) is 11.8 Å². The average Bonchev–Trinajstić information content (AvgIpc) is 3.17. The van der Waals surface area contributed by atoms with Crippen molar-refractivity contribution < 1.29 is 14.7 Å². The Morgan fingerprint density at radius 3 is 2.68 bits per heavy atom. The van der Waals surface area contributed by atoms with Gasteiger partial charge in [-0.2, -0.15) is 0 Å². The summed E-state index contributed by atoms with van der Waals surface area (Å²) in [5.41, 5.74) is 0.630. The summed E-state index contributed by atoms with van der Waals surface area (Å²) >= 11 is 0. The topological polar surface area (TPSA) is 79.3 Å². The van der Waals surface area contributed by atoms with E-state index in [9.17, 15) is 9.59 Å². The van der Waals surface area contributed by atoms with Crippen LogP contribution in [0, 0.1) is 11.8 Å². The summed E-state index contributed by atoms with van der Waals surface area (Å²) in [6.45, 7) is 4.44. The Kier molecular flexibility index (Phi) is 3.55. The fourth-order valence-corrected chi connectivity index (χ4v) is 2.05. The monoisotopic (exact) mass is 262 g/mol. The van der Waals surface area contributed by atoms with E-state index in [1.54, 1.807) is 6.20 Å². The number of carbonyl (C=O) groups is 2. The molecule has 1 saturated carbocycles. The second-order valence-corrected chi connectivity index (χ2v) is 5.60. The first-order valence-corrected chi connectivity index (χ1v) is 6.34. The summed E-state index contributed by atoms with van der Waals surface area (Å²) in [6.07, 6.45) is 2.17. The van der Waals surface area contributed by atoms with Crippen LogP contribution in [-0.2, 0) is 15.0 Å². The predicted octanol–water partition coefficient (Wildman–Crippen LogP) is 1.20. The third-order valence-corrected chi connectivity index (χ3v) is 3.51. The van der Waals surface area contributed by atoms with Crippen LogP contribution in [0.5, 0.6) is 0 Å². The number of aliphatic carboxylic acids is 1. The van der Waals surface area contributed by atoms with Crippen LogP contribution in [0.25, 0.3) is 0 Å². The quantitative estimate of drug-likeness (QED) is 0.835. The minimum atomic E-state index is -0.885. The third kappa shape index (κ3) is 3.10.